The standard InChI is InChI=1S/C10H19N3OS/c11-9(13-12)15-8-3-6-14-10(7-8)4-1-2-5-10/h8H,1-7,12H2,(H2,11,13). The molecule has 0 aromatic carbocycles. The first-order chi connectivity index (χ1) is 7.24. The number of amidine groups is 1. The number of nitrogens with zero attached hydrogens (tertiary/aromatic N) is 1. The van der Waals surface area contributed by atoms with Gasteiger partial charge in [0.25, 0.3) is 0 Å². The number of thioether (sulfide) groups is 1. The highest BCUT2D eigenvalue weighted by Gasteiger charge is 2.40. The fraction of sp³-hybridized carbons (Fsp3) is 0.900. The van der Waals surface area contributed by atoms with Crippen LogP contribution in [-0.4, -0.2) is 22.6 Å². The molecule has 1 heterocycles. The molecule has 5 heteroatoms. The molecule has 1 aliphatic heterocycles. The summed E-state index contributed by atoms with van der Waals surface area (Å²) in [4.78, 5) is 0. The molecule has 15 heavy (non-hydrogen) atoms. The summed E-state index contributed by atoms with van der Waals surface area (Å²) >= 11 is 1.60. The van der Waals surface area contributed by atoms with E-state index in [0.29, 0.717) is 10.4 Å². The Kier molecular flexibility index (Phi) is 3.41. The summed E-state index contributed by atoms with van der Waals surface area (Å²) in [5.74, 6) is 5.15. The lowest BCUT2D eigenvalue weighted by atomic mass is 9.92. The number of hydrazone groups is 1. The average Bonchev–Trinajstić information content (AvgIpc) is 2.66. The lowest BCUT2D eigenvalue weighted by Crippen LogP contribution is -2.39. The van der Waals surface area contributed by atoms with Crippen LogP contribution in [0.5, 0.6) is 0 Å². The van der Waals surface area contributed by atoms with Crippen LogP contribution < -0.4 is 11.6 Å². The van der Waals surface area contributed by atoms with Gasteiger partial charge in [-0.15, -0.1) is 0 Å². The third-order valence-electron chi connectivity index (χ3n) is 3.38. The van der Waals surface area contributed by atoms with Crippen molar-refractivity contribution in [2.24, 2.45) is 16.7 Å². The van der Waals surface area contributed by atoms with Gasteiger partial charge in [-0.25, -0.2) is 0 Å². The van der Waals surface area contributed by atoms with E-state index < -0.39 is 0 Å². The molecule has 0 radical (unpaired) electrons. The van der Waals surface area contributed by atoms with Crippen molar-refractivity contribution < 1.29 is 4.74 Å². The van der Waals surface area contributed by atoms with E-state index in [0.717, 1.165) is 19.4 Å². The molecule has 4 nitrogen and oxygen atoms in total. The molecule has 0 aromatic rings. The smallest absolute Gasteiger partial charge is 0.177 e. The third-order valence-corrected chi connectivity index (χ3v) is 4.46. The molecule has 1 unspecified atom stereocenters. The summed E-state index contributed by atoms with van der Waals surface area (Å²) < 4.78 is 5.95. The first-order valence-electron chi connectivity index (χ1n) is 5.58. The molecule has 86 valence electrons. The maximum atomic E-state index is 5.95. The van der Waals surface area contributed by atoms with E-state index in [4.69, 9.17) is 16.3 Å². The molecule has 0 aromatic heterocycles. The molecule has 2 fully saturated rings. The molecule has 1 atom stereocenters. The van der Waals surface area contributed by atoms with Crippen molar-refractivity contribution in [3.8, 4) is 0 Å². The van der Waals surface area contributed by atoms with Crippen molar-refractivity contribution >= 4 is 16.9 Å². The van der Waals surface area contributed by atoms with Gasteiger partial charge in [-0.1, -0.05) is 24.6 Å². The second kappa shape index (κ2) is 4.61. The number of ether oxygens (including phenoxy) is 1. The summed E-state index contributed by atoms with van der Waals surface area (Å²) in [5, 5.41) is 4.54. The Balaban J connectivity index is 1.92. The molecule has 0 amide bonds. The summed E-state index contributed by atoms with van der Waals surface area (Å²) in [7, 11) is 0. The Morgan fingerprint density at radius 2 is 2.13 bits per heavy atom. The zero-order chi connectivity index (χ0) is 10.7. The van der Waals surface area contributed by atoms with Crippen LogP contribution >= 0.6 is 11.8 Å². The molecule has 1 spiro atoms. The van der Waals surface area contributed by atoms with Crippen LogP contribution in [0, 0.1) is 0 Å². The van der Waals surface area contributed by atoms with Gasteiger partial charge in [-0.05, 0) is 25.7 Å². The van der Waals surface area contributed by atoms with Gasteiger partial charge in [0.15, 0.2) is 5.17 Å². The van der Waals surface area contributed by atoms with Crippen molar-refractivity contribution in [2.75, 3.05) is 6.61 Å². The Morgan fingerprint density at radius 3 is 2.80 bits per heavy atom. The van der Waals surface area contributed by atoms with Crippen molar-refractivity contribution in [3.63, 3.8) is 0 Å². The summed E-state index contributed by atoms with van der Waals surface area (Å²) in [6.07, 6.45) is 7.19. The Hall–Kier alpha value is -0.420. The van der Waals surface area contributed by atoms with Gasteiger partial charge in [0, 0.05) is 11.9 Å². The van der Waals surface area contributed by atoms with Gasteiger partial charge in [0.05, 0.1) is 5.60 Å². The van der Waals surface area contributed by atoms with Crippen LogP contribution in [0.1, 0.15) is 38.5 Å². The van der Waals surface area contributed by atoms with Crippen LogP contribution in [0.15, 0.2) is 5.10 Å². The summed E-state index contributed by atoms with van der Waals surface area (Å²) in [5.41, 5.74) is 5.80. The van der Waals surface area contributed by atoms with E-state index in [1.807, 2.05) is 0 Å². The predicted molar refractivity (Wildman–Crippen MR) is 63.6 cm³/mol. The zero-order valence-electron chi connectivity index (χ0n) is 8.95. The molecule has 1 saturated heterocycles. The number of rotatable bonds is 1. The molecule has 4 N–H and O–H groups in total. The van der Waals surface area contributed by atoms with Crippen LogP contribution in [-0.2, 0) is 4.74 Å². The highest BCUT2D eigenvalue weighted by molar-refractivity contribution is 8.14. The maximum Gasteiger partial charge on any atom is 0.177 e. The van der Waals surface area contributed by atoms with Gasteiger partial charge < -0.3 is 16.3 Å². The lowest BCUT2D eigenvalue weighted by Gasteiger charge is -2.37. The van der Waals surface area contributed by atoms with Crippen molar-refractivity contribution in [2.45, 2.75) is 49.4 Å². The van der Waals surface area contributed by atoms with Crippen molar-refractivity contribution in [1.29, 1.82) is 0 Å². The minimum absolute atomic E-state index is 0.158. The number of nitrogens with two attached hydrogens (primary N) is 2. The van der Waals surface area contributed by atoms with Crippen molar-refractivity contribution in [1.82, 2.24) is 0 Å². The first-order valence-corrected chi connectivity index (χ1v) is 6.46. The highest BCUT2D eigenvalue weighted by atomic mass is 32.2. The maximum absolute atomic E-state index is 5.95. The molecular weight excluding hydrogens is 210 g/mol. The van der Waals surface area contributed by atoms with Gasteiger partial charge >= 0.3 is 0 Å². The molecule has 2 rings (SSSR count). The van der Waals surface area contributed by atoms with E-state index in [1.54, 1.807) is 11.8 Å². The molecule has 1 saturated carbocycles. The second-order valence-electron chi connectivity index (χ2n) is 4.44. The topological polar surface area (TPSA) is 73.6 Å². The quantitative estimate of drug-likeness (QED) is 0.308. The monoisotopic (exact) mass is 229 g/mol. The number of hydrogen-bond acceptors (Lipinski definition) is 4. The third kappa shape index (κ3) is 2.58. The van der Waals surface area contributed by atoms with Gasteiger partial charge in [-0.3, -0.25) is 0 Å². The minimum Gasteiger partial charge on any atom is -0.377 e. The molecule has 1 aliphatic carbocycles. The Morgan fingerprint density at radius 1 is 1.40 bits per heavy atom. The van der Waals surface area contributed by atoms with Crippen LogP contribution in [0.4, 0.5) is 0 Å². The Bertz CT molecular complexity index is 251. The fourth-order valence-electron chi connectivity index (χ4n) is 2.65. The SMILES string of the molecule is NN=C(N)SC1CCOC2(CCCC2)C1. The van der Waals surface area contributed by atoms with E-state index in [2.05, 4.69) is 5.10 Å². The van der Waals surface area contributed by atoms with Crippen LogP contribution in [0.25, 0.3) is 0 Å². The lowest BCUT2D eigenvalue weighted by molar-refractivity contribution is -0.0702. The van der Waals surface area contributed by atoms with Crippen LogP contribution in [0.3, 0.4) is 0 Å². The summed E-state index contributed by atoms with van der Waals surface area (Å²) in [6, 6.07) is 0. The predicted octanol–water partition coefficient (Wildman–Crippen LogP) is 1.40. The van der Waals surface area contributed by atoms with Gasteiger partial charge in [0.1, 0.15) is 0 Å². The largest absolute Gasteiger partial charge is 0.377 e. The van der Waals surface area contributed by atoms with Gasteiger partial charge in [-0.2, -0.15) is 5.10 Å². The molecular formula is C10H19N3OS. The highest BCUT2D eigenvalue weighted by Crippen LogP contribution is 2.42. The molecule has 0 bridgehead atoms. The normalized spacial score (nSPS) is 30.9. The minimum atomic E-state index is 0.158. The van der Waals surface area contributed by atoms with E-state index in [-0.39, 0.29) is 5.60 Å². The average molecular weight is 229 g/mol. The number of hydrogen-bond donors (Lipinski definition) is 2. The molecule has 2 aliphatic rings. The fourth-order valence-corrected chi connectivity index (χ4v) is 3.66. The van der Waals surface area contributed by atoms with Crippen LogP contribution in [0.2, 0.25) is 0 Å². The zero-order valence-corrected chi connectivity index (χ0v) is 9.76. The summed E-state index contributed by atoms with van der Waals surface area (Å²) in [6.45, 7) is 0.857. The van der Waals surface area contributed by atoms with E-state index in [9.17, 15) is 0 Å². The second-order valence-corrected chi connectivity index (χ2v) is 5.76. The van der Waals surface area contributed by atoms with E-state index >= 15 is 0 Å². The van der Waals surface area contributed by atoms with Crippen molar-refractivity contribution in [3.05, 3.63) is 0 Å². The van der Waals surface area contributed by atoms with E-state index in [1.165, 1.54) is 25.7 Å². The first kappa shape index (κ1) is 11.1. The Labute approximate surface area is 94.8 Å². The van der Waals surface area contributed by atoms with Gasteiger partial charge in [0.2, 0.25) is 0 Å².